The van der Waals surface area contributed by atoms with Crippen LogP contribution in [0.4, 0.5) is 17.3 Å². The molecule has 40 heavy (non-hydrogen) atoms. The molecule has 2 unspecified atom stereocenters. The van der Waals surface area contributed by atoms with E-state index in [1.807, 2.05) is 59.4 Å². The van der Waals surface area contributed by atoms with Crippen LogP contribution in [-0.2, 0) is 0 Å². The third-order valence-corrected chi connectivity index (χ3v) is 8.02. The minimum Gasteiger partial charge on any atom is -0.399 e. The minimum absolute atomic E-state index is 0.196. The Kier molecular flexibility index (Phi) is 7.26. The van der Waals surface area contributed by atoms with Crippen LogP contribution in [0.1, 0.15) is 51.5 Å². The normalized spacial score (nSPS) is 17.9. The minimum atomic E-state index is -0.196. The Labute approximate surface area is 237 Å². The molecule has 6 rings (SSSR count). The molecule has 3 heterocycles. The molecule has 0 saturated heterocycles. The first kappa shape index (κ1) is 26.1. The molecule has 1 saturated carbocycles. The Hall–Kier alpha value is -4.17. The summed E-state index contributed by atoms with van der Waals surface area (Å²) in [6, 6.07) is 19.0. The fraction of sp³-hybridized carbons (Fsp3) is 0.290. The van der Waals surface area contributed by atoms with Crippen molar-refractivity contribution in [1.82, 2.24) is 24.3 Å². The average molecular weight is 554 g/mol. The zero-order valence-corrected chi connectivity index (χ0v) is 23.2. The van der Waals surface area contributed by atoms with Crippen LogP contribution in [0.3, 0.4) is 0 Å². The molecule has 204 valence electrons. The lowest BCUT2D eigenvalue weighted by atomic mass is 9.90. The van der Waals surface area contributed by atoms with Crippen molar-refractivity contribution in [3.8, 4) is 16.8 Å². The maximum absolute atomic E-state index is 13.9. The highest BCUT2D eigenvalue weighted by atomic mass is 35.5. The molecule has 1 aliphatic carbocycles. The Balaban J connectivity index is 1.40. The number of nitrogens with two attached hydrogens (primary N) is 1. The summed E-state index contributed by atoms with van der Waals surface area (Å²) in [5, 5.41) is 8.94. The first-order chi connectivity index (χ1) is 19.5. The number of anilines is 3. The number of hydrogen-bond donors (Lipinski definition) is 2. The summed E-state index contributed by atoms with van der Waals surface area (Å²) < 4.78 is 3.57. The molecular weight excluding hydrogens is 522 g/mol. The van der Waals surface area contributed by atoms with Gasteiger partial charge in [-0.1, -0.05) is 74.2 Å². The van der Waals surface area contributed by atoms with Gasteiger partial charge in [0.05, 0.1) is 23.6 Å². The smallest absolute Gasteiger partial charge is 0.264 e. The van der Waals surface area contributed by atoms with E-state index < -0.39 is 0 Å². The highest BCUT2D eigenvalue weighted by Gasteiger charge is 2.20. The zero-order valence-electron chi connectivity index (χ0n) is 22.4. The Bertz CT molecular complexity index is 1710. The molecule has 0 radical (unpaired) electrons. The lowest BCUT2D eigenvalue weighted by Gasteiger charge is -2.23. The predicted molar refractivity (Wildman–Crippen MR) is 161 cm³/mol. The number of aromatic nitrogens is 5. The molecule has 2 atom stereocenters. The number of halogens is 1. The van der Waals surface area contributed by atoms with Crippen molar-refractivity contribution in [2.75, 3.05) is 11.1 Å². The van der Waals surface area contributed by atoms with Crippen molar-refractivity contribution in [2.24, 2.45) is 5.92 Å². The van der Waals surface area contributed by atoms with E-state index in [0.717, 1.165) is 29.7 Å². The third kappa shape index (κ3) is 5.31. The average Bonchev–Trinajstić information content (AvgIpc) is 3.30. The molecule has 1 aliphatic rings. The van der Waals surface area contributed by atoms with Crippen LogP contribution in [-0.4, -0.2) is 24.3 Å². The maximum atomic E-state index is 13.9. The van der Waals surface area contributed by atoms with Crippen molar-refractivity contribution >= 4 is 40.0 Å². The molecule has 2 aromatic carbocycles. The fourth-order valence-corrected chi connectivity index (χ4v) is 5.73. The zero-order chi connectivity index (χ0) is 27.6. The van der Waals surface area contributed by atoms with E-state index in [9.17, 15) is 4.79 Å². The van der Waals surface area contributed by atoms with Gasteiger partial charge in [0, 0.05) is 22.8 Å². The topological polar surface area (TPSA) is 104 Å². The van der Waals surface area contributed by atoms with Gasteiger partial charge in [-0.3, -0.25) is 14.0 Å². The Morgan fingerprint density at radius 2 is 1.82 bits per heavy atom. The molecular formula is C31H32ClN7O. The summed E-state index contributed by atoms with van der Waals surface area (Å²) in [6.45, 7) is 2.33. The van der Waals surface area contributed by atoms with E-state index in [0.29, 0.717) is 45.4 Å². The number of nitrogens with one attached hydrogen (secondary N) is 1. The van der Waals surface area contributed by atoms with Crippen LogP contribution in [0.5, 0.6) is 0 Å². The number of pyridine rings is 1. The van der Waals surface area contributed by atoms with Crippen LogP contribution in [0.25, 0.3) is 27.8 Å². The number of nitrogen functional groups attached to an aromatic ring is 1. The van der Waals surface area contributed by atoms with Crippen LogP contribution < -0.4 is 16.6 Å². The molecule has 0 amide bonds. The second kappa shape index (κ2) is 11.1. The molecule has 5 aromatic rings. The standard InChI is InChI=1S/C31H32ClN7O/c1-20-8-5-6-12-24(15-14-20)38-19-27(28(32)37-38)35-31-34-18-22-16-26(21-9-3-2-4-10-21)30(40)39(29(22)36-31)25-13-7-11-23(33)17-25/h2-4,7,9-11,13,16-20,24H,5-6,8,12,14-15,33H2,1H3,(H,34,35,36). The number of fused-ring (bicyclic) bond motifs is 1. The van der Waals surface area contributed by atoms with Crippen molar-refractivity contribution in [3.05, 3.63) is 88.6 Å². The predicted octanol–water partition coefficient (Wildman–Crippen LogP) is 7.15. The van der Waals surface area contributed by atoms with Crippen LogP contribution in [0, 0.1) is 5.92 Å². The second-order valence-corrected chi connectivity index (χ2v) is 11.0. The van der Waals surface area contributed by atoms with E-state index in [-0.39, 0.29) is 5.56 Å². The van der Waals surface area contributed by atoms with Gasteiger partial charge >= 0.3 is 0 Å². The van der Waals surface area contributed by atoms with Crippen LogP contribution >= 0.6 is 11.6 Å². The van der Waals surface area contributed by atoms with E-state index in [1.165, 1.54) is 25.7 Å². The van der Waals surface area contributed by atoms with Gasteiger partial charge in [0.1, 0.15) is 0 Å². The van der Waals surface area contributed by atoms with E-state index >= 15 is 0 Å². The molecule has 3 N–H and O–H groups in total. The van der Waals surface area contributed by atoms with Crippen molar-refractivity contribution < 1.29 is 0 Å². The fourth-order valence-electron chi connectivity index (χ4n) is 5.55. The Morgan fingerprint density at radius 1 is 1.00 bits per heavy atom. The van der Waals surface area contributed by atoms with Crippen molar-refractivity contribution in [3.63, 3.8) is 0 Å². The summed E-state index contributed by atoms with van der Waals surface area (Å²) in [5.74, 6) is 1.06. The van der Waals surface area contributed by atoms with Gasteiger partial charge in [0.2, 0.25) is 5.95 Å². The maximum Gasteiger partial charge on any atom is 0.264 e. The molecule has 3 aromatic heterocycles. The summed E-state index contributed by atoms with van der Waals surface area (Å²) in [4.78, 5) is 23.2. The van der Waals surface area contributed by atoms with Gasteiger partial charge in [-0.05, 0) is 55.0 Å². The van der Waals surface area contributed by atoms with Crippen molar-refractivity contribution in [1.29, 1.82) is 0 Å². The van der Waals surface area contributed by atoms with Gasteiger partial charge in [-0.2, -0.15) is 10.1 Å². The highest BCUT2D eigenvalue weighted by molar-refractivity contribution is 6.32. The van der Waals surface area contributed by atoms with E-state index in [1.54, 1.807) is 22.9 Å². The number of benzene rings is 2. The molecule has 8 nitrogen and oxygen atoms in total. The molecule has 9 heteroatoms. The van der Waals surface area contributed by atoms with Gasteiger partial charge in [0.25, 0.3) is 5.56 Å². The molecule has 0 bridgehead atoms. The highest BCUT2D eigenvalue weighted by Crippen LogP contribution is 2.32. The third-order valence-electron chi connectivity index (χ3n) is 7.74. The molecule has 0 aliphatic heterocycles. The van der Waals surface area contributed by atoms with Gasteiger partial charge < -0.3 is 11.1 Å². The SMILES string of the molecule is CC1CCCCC(n2cc(Nc3ncc4cc(-c5ccccc5)c(=O)n(-c5cccc(N)c5)c4n3)c(Cl)n2)CC1. The summed E-state index contributed by atoms with van der Waals surface area (Å²) in [7, 11) is 0. The molecule has 1 fully saturated rings. The second-order valence-electron chi connectivity index (χ2n) is 10.7. The van der Waals surface area contributed by atoms with Gasteiger partial charge in [-0.25, -0.2) is 4.98 Å². The van der Waals surface area contributed by atoms with Gasteiger partial charge in [0.15, 0.2) is 10.8 Å². The van der Waals surface area contributed by atoms with Gasteiger partial charge in [-0.15, -0.1) is 0 Å². The number of hydrogen-bond acceptors (Lipinski definition) is 6. The Morgan fingerprint density at radius 3 is 2.65 bits per heavy atom. The van der Waals surface area contributed by atoms with E-state index in [4.69, 9.17) is 22.3 Å². The monoisotopic (exact) mass is 553 g/mol. The summed E-state index contributed by atoms with van der Waals surface area (Å²) >= 11 is 6.57. The first-order valence-electron chi connectivity index (χ1n) is 13.8. The molecule has 0 spiro atoms. The lowest BCUT2D eigenvalue weighted by Crippen LogP contribution is -2.22. The van der Waals surface area contributed by atoms with Crippen molar-refractivity contribution in [2.45, 2.75) is 51.5 Å². The lowest BCUT2D eigenvalue weighted by molar-refractivity contribution is 0.308. The number of nitrogens with zero attached hydrogens (tertiary/aromatic N) is 5. The largest absolute Gasteiger partial charge is 0.399 e. The van der Waals surface area contributed by atoms with E-state index in [2.05, 4.69) is 22.3 Å². The summed E-state index contributed by atoms with van der Waals surface area (Å²) in [6.07, 6.45) is 10.8. The van der Waals surface area contributed by atoms with Crippen LogP contribution in [0.15, 0.2) is 77.9 Å². The first-order valence-corrected chi connectivity index (χ1v) is 14.2. The number of rotatable bonds is 5. The van der Waals surface area contributed by atoms with Crippen LogP contribution in [0.2, 0.25) is 5.15 Å². The summed E-state index contributed by atoms with van der Waals surface area (Å²) in [5.41, 5.74) is 9.55. The quantitative estimate of drug-likeness (QED) is 0.224.